The van der Waals surface area contributed by atoms with Crippen molar-refractivity contribution in [1.29, 1.82) is 5.26 Å². The summed E-state index contributed by atoms with van der Waals surface area (Å²) < 4.78 is 10.7. The molecule has 1 aliphatic rings. The molecule has 0 bridgehead atoms. The lowest BCUT2D eigenvalue weighted by molar-refractivity contribution is -0.421. The van der Waals surface area contributed by atoms with Crippen molar-refractivity contribution in [2.75, 3.05) is 39.0 Å². The van der Waals surface area contributed by atoms with E-state index in [1.165, 1.54) is 31.0 Å². The van der Waals surface area contributed by atoms with Crippen molar-refractivity contribution in [2.24, 2.45) is 4.99 Å². The monoisotopic (exact) mass is 435 g/mol. The van der Waals surface area contributed by atoms with Gasteiger partial charge in [0.15, 0.2) is 5.50 Å². The minimum atomic E-state index is -0.936. The van der Waals surface area contributed by atoms with E-state index in [0.29, 0.717) is 11.3 Å². The summed E-state index contributed by atoms with van der Waals surface area (Å²) in [7, 11) is 4.80. The molecule has 12 heteroatoms. The molecule has 1 unspecified atom stereocenters. The Kier molecular flexibility index (Phi) is 7.62. The lowest BCUT2D eigenvalue weighted by Crippen LogP contribution is -2.42. The van der Waals surface area contributed by atoms with Crippen LogP contribution in [0.3, 0.4) is 0 Å². The van der Waals surface area contributed by atoms with Crippen LogP contribution in [0.1, 0.15) is 12.5 Å². The molecule has 2 rings (SSSR count). The molecule has 0 aliphatic carbocycles. The summed E-state index contributed by atoms with van der Waals surface area (Å²) >= 11 is 1.18. The van der Waals surface area contributed by atoms with Crippen molar-refractivity contribution < 1.29 is 24.0 Å². The van der Waals surface area contributed by atoms with E-state index in [9.17, 15) is 20.2 Å². The third-order valence-corrected chi connectivity index (χ3v) is 4.63. The van der Waals surface area contributed by atoms with Gasteiger partial charge in [0.1, 0.15) is 11.8 Å². The summed E-state index contributed by atoms with van der Waals surface area (Å²) in [4.78, 5) is 34.5. The van der Waals surface area contributed by atoms with E-state index in [0.717, 1.165) is 5.06 Å². The standard InChI is InChI=1S/C18H21N5O6S/c1-6-28-17(24)14-15(23(25)26)16(22(27-4)18(20-14)30-5)29-12-8-7-11(10-19)13(9-12)21(2)3/h7-9,18H,6H2,1-5H3. The van der Waals surface area contributed by atoms with Gasteiger partial charge in [-0.1, -0.05) is 0 Å². The number of hydroxylamine groups is 2. The number of nitrogens with zero attached hydrogens (tertiary/aromatic N) is 5. The Balaban J connectivity index is 2.64. The van der Waals surface area contributed by atoms with Gasteiger partial charge in [0.2, 0.25) is 5.71 Å². The third kappa shape index (κ3) is 4.64. The fourth-order valence-electron chi connectivity index (χ4n) is 2.61. The molecule has 0 saturated heterocycles. The third-order valence-electron chi connectivity index (χ3n) is 3.91. The van der Waals surface area contributed by atoms with Crippen LogP contribution in [0.5, 0.6) is 5.75 Å². The number of nitriles is 1. The highest BCUT2D eigenvalue weighted by Crippen LogP contribution is 2.32. The Morgan fingerprint density at radius 2 is 2.17 bits per heavy atom. The topological polar surface area (TPSA) is 131 Å². The van der Waals surface area contributed by atoms with E-state index < -0.39 is 27.8 Å². The van der Waals surface area contributed by atoms with Gasteiger partial charge in [-0.05, 0) is 25.3 Å². The second kappa shape index (κ2) is 9.95. The van der Waals surface area contributed by atoms with Gasteiger partial charge in [0, 0.05) is 20.2 Å². The molecule has 0 spiro atoms. The van der Waals surface area contributed by atoms with Gasteiger partial charge in [-0.2, -0.15) is 10.3 Å². The molecule has 0 N–H and O–H groups in total. The summed E-state index contributed by atoms with van der Waals surface area (Å²) in [5, 5.41) is 22.2. The number of ether oxygens (including phenoxy) is 2. The van der Waals surface area contributed by atoms with E-state index in [2.05, 4.69) is 11.1 Å². The SMILES string of the molecule is CCOC(=O)C1=NC(SC)N(OC)C(Oc2ccc(C#N)c(N(C)C)c2)=C1[N+](=O)[O-]. The molecule has 1 aromatic carbocycles. The van der Waals surface area contributed by atoms with Crippen LogP contribution >= 0.6 is 11.8 Å². The second-order valence-electron chi connectivity index (χ2n) is 5.97. The molecule has 160 valence electrons. The van der Waals surface area contributed by atoms with Crippen LogP contribution in [0.25, 0.3) is 0 Å². The minimum Gasteiger partial charge on any atom is -0.461 e. The molecule has 0 aromatic heterocycles. The number of rotatable bonds is 8. The molecule has 0 fully saturated rings. The molecule has 0 saturated carbocycles. The van der Waals surface area contributed by atoms with Crippen molar-refractivity contribution in [3.8, 4) is 11.8 Å². The average Bonchev–Trinajstić information content (AvgIpc) is 2.72. The Morgan fingerprint density at radius 3 is 2.67 bits per heavy atom. The van der Waals surface area contributed by atoms with Gasteiger partial charge >= 0.3 is 17.5 Å². The quantitative estimate of drug-likeness (QED) is 0.339. The number of aliphatic imine (C=N–C) groups is 1. The zero-order chi connectivity index (χ0) is 22.4. The first-order valence-electron chi connectivity index (χ1n) is 8.68. The van der Waals surface area contributed by atoms with Gasteiger partial charge in [-0.25, -0.2) is 9.79 Å². The van der Waals surface area contributed by atoms with E-state index in [1.807, 2.05) is 0 Å². The summed E-state index contributed by atoms with van der Waals surface area (Å²) in [5.74, 6) is -1.05. The van der Waals surface area contributed by atoms with Crippen LogP contribution in [0.4, 0.5) is 5.69 Å². The van der Waals surface area contributed by atoms with Gasteiger partial charge in [-0.3, -0.25) is 15.0 Å². The molecule has 1 aromatic rings. The molecular weight excluding hydrogens is 414 g/mol. The van der Waals surface area contributed by atoms with Crippen LogP contribution in [0, 0.1) is 21.4 Å². The molecule has 1 heterocycles. The van der Waals surface area contributed by atoms with Crippen LogP contribution < -0.4 is 9.64 Å². The normalized spacial score (nSPS) is 15.9. The van der Waals surface area contributed by atoms with Crippen LogP contribution in [-0.4, -0.2) is 61.2 Å². The summed E-state index contributed by atoms with van der Waals surface area (Å²) in [6.07, 6.45) is 1.70. The lowest BCUT2D eigenvalue weighted by atomic mass is 10.1. The van der Waals surface area contributed by atoms with Gasteiger partial charge in [-0.15, -0.1) is 11.8 Å². The molecule has 0 radical (unpaired) electrons. The number of hydrogen-bond donors (Lipinski definition) is 0. The Hall–Kier alpha value is -3.30. The van der Waals surface area contributed by atoms with E-state index in [-0.39, 0.29) is 18.2 Å². The fourth-order valence-corrected chi connectivity index (χ4v) is 3.19. The highest BCUT2D eigenvalue weighted by atomic mass is 32.2. The van der Waals surface area contributed by atoms with Crippen molar-refractivity contribution in [3.05, 3.63) is 45.5 Å². The second-order valence-corrected chi connectivity index (χ2v) is 6.86. The number of anilines is 1. The first-order valence-corrected chi connectivity index (χ1v) is 9.97. The number of esters is 1. The molecule has 30 heavy (non-hydrogen) atoms. The molecule has 11 nitrogen and oxygen atoms in total. The maximum absolute atomic E-state index is 12.3. The summed E-state index contributed by atoms with van der Waals surface area (Å²) in [6.45, 7) is 1.61. The minimum absolute atomic E-state index is 0.0266. The number of nitro groups is 1. The first-order chi connectivity index (χ1) is 14.3. The predicted molar refractivity (Wildman–Crippen MR) is 110 cm³/mol. The fraction of sp³-hybridized carbons (Fsp3) is 0.389. The highest BCUT2D eigenvalue weighted by molar-refractivity contribution is 7.99. The maximum Gasteiger partial charge on any atom is 0.364 e. The lowest BCUT2D eigenvalue weighted by Gasteiger charge is -2.31. The predicted octanol–water partition coefficient (Wildman–Crippen LogP) is 1.98. The zero-order valence-corrected chi connectivity index (χ0v) is 17.9. The van der Waals surface area contributed by atoms with E-state index in [1.54, 1.807) is 38.2 Å². The van der Waals surface area contributed by atoms with E-state index in [4.69, 9.17) is 14.3 Å². The van der Waals surface area contributed by atoms with Crippen LogP contribution in [0.2, 0.25) is 0 Å². The van der Waals surface area contributed by atoms with E-state index >= 15 is 0 Å². The Bertz CT molecular complexity index is 939. The van der Waals surface area contributed by atoms with Gasteiger partial charge in [0.05, 0.1) is 29.9 Å². The van der Waals surface area contributed by atoms with Crippen molar-refractivity contribution >= 4 is 29.1 Å². The zero-order valence-electron chi connectivity index (χ0n) is 17.1. The molecular formula is C18H21N5O6S. The Labute approximate surface area is 177 Å². The smallest absolute Gasteiger partial charge is 0.364 e. The van der Waals surface area contributed by atoms with Gasteiger partial charge < -0.3 is 14.4 Å². The highest BCUT2D eigenvalue weighted by Gasteiger charge is 2.43. The van der Waals surface area contributed by atoms with Crippen LogP contribution in [-0.2, 0) is 14.4 Å². The number of carbonyl (C=O) groups excluding carboxylic acids is 1. The van der Waals surface area contributed by atoms with Crippen molar-refractivity contribution in [2.45, 2.75) is 12.4 Å². The van der Waals surface area contributed by atoms with Crippen LogP contribution in [0.15, 0.2) is 34.8 Å². The maximum atomic E-state index is 12.3. The largest absolute Gasteiger partial charge is 0.461 e. The van der Waals surface area contributed by atoms with Crippen molar-refractivity contribution in [3.63, 3.8) is 0 Å². The number of benzene rings is 1. The molecule has 1 aliphatic heterocycles. The first kappa shape index (κ1) is 23.0. The number of hydrogen-bond acceptors (Lipinski definition) is 11. The number of thioether (sulfide) groups is 1. The Morgan fingerprint density at radius 1 is 1.47 bits per heavy atom. The molecule has 0 amide bonds. The summed E-state index contributed by atoms with van der Waals surface area (Å²) in [5.41, 5.74) is -1.01. The van der Waals surface area contributed by atoms with Crippen molar-refractivity contribution in [1.82, 2.24) is 5.06 Å². The number of carbonyl (C=O) groups is 1. The molecule has 1 atom stereocenters. The van der Waals surface area contributed by atoms with Gasteiger partial charge in [0.25, 0.3) is 0 Å². The summed E-state index contributed by atoms with van der Waals surface area (Å²) in [6, 6.07) is 6.65. The average molecular weight is 435 g/mol.